The Morgan fingerprint density at radius 1 is 1.64 bits per heavy atom. The Hall–Kier alpha value is -0.410. The van der Waals surface area contributed by atoms with E-state index in [2.05, 4.69) is 24.1 Å². The van der Waals surface area contributed by atoms with Crippen molar-refractivity contribution in [1.82, 2.24) is 10.3 Å². The number of nitrogens with one attached hydrogen (secondary N) is 1. The van der Waals surface area contributed by atoms with E-state index in [-0.39, 0.29) is 0 Å². The molecule has 0 aromatic carbocycles. The Morgan fingerprint density at radius 2 is 2.43 bits per heavy atom. The molecule has 78 valence electrons. The van der Waals surface area contributed by atoms with Gasteiger partial charge in [0.15, 0.2) is 0 Å². The van der Waals surface area contributed by atoms with Crippen molar-refractivity contribution in [3.8, 4) is 0 Å². The molecule has 0 aliphatic heterocycles. The maximum Gasteiger partial charge on any atom is 0.109 e. The van der Waals surface area contributed by atoms with Crippen molar-refractivity contribution in [2.24, 2.45) is 5.92 Å². The summed E-state index contributed by atoms with van der Waals surface area (Å²) >= 11 is 1.74. The van der Waals surface area contributed by atoms with E-state index in [1.807, 2.05) is 11.6 Å². The van der Waals surface area contributed by atoms with Gasteiger partial charge >= 0.3 is 0 Å². The Morgan fingerprint density at radius 3 is 2.93 bits per heavy atom. The van der Waals surface area contributed by atoms with Crippen LogP contribution in [0.1, 0.15) is 44.2 Å². The third-order valence-electron chi connectivity index (χ3n) is 2.92. The van der Waals surface area contributed by atoms with E-state index in [1.165, 1.54) is 24.3 Å². The quantitative estimate of drug-likeness (QED) is 0.808. The molecule has 1 aromatic rings. The summed E-state index contributed by atoms with van der Waals surface area (Å²) in [5.74, 6) is 0.933. The molecule has 2 nitrogen and oxygen atoms in total. The first-order chi connectivity index (χ1) is 6.81. The van der Waals surface area contributed by atoms with Gasteiger partial charge in [-0.2, -0.15) is 0 Å². The number of aromatic nitrogens is 1. The minimum absolute atomic E-state index is 0.417. The van der Waals surface area contributed by atoms with Gasteiger partial charge in [0.25, 0.3) is 0 Å². The van der Waals surface area contributed by atoms with Gasteiger partial charge in [0.1, 0.15) is 5.01 Å². The maximum absolute atomic E-state index is 4.34. The van der Waals surface area contributed by atoms with Crippen LogP contribution in [0, 0.1) is 5.92 Å². The van der Waals surface area contributed by atoms with E-state index in [1.54, 1.807) is 11.3 Å². The van der Waals surface area contributed by atoms with E-state index >= 15 is 0 Å². The zero-order chi connectivity index (χ0) is 9.97. The number of hydrogen-bond acceptors (Lipinski definition) is 3. The SMILES string of the molecule is CCC(NC(C)c1nccs1)C1CC1. The van der Waals surface area contributed by atoms with Gasteiger partial charge in [-0.05, 0) is 32.1 Å². The van der Waals surface area contributed by atoms with Gasteiger partial charge in [0, 0.05) is 17.6 Å². The molecule has 0 saturated heterocycles. The average molecular weight is 210 g/mol. The van der Waals surface area contributed by atoms with Gasteiger partial charge in [-0.3, -0.25) is 0 Å². The van der Waals surface area contributed by atoms with E-state index in [4.69, 9.17) is 0 Å². The average Bonchev–Trinajstić information content (AvgIpc) is 2.88. The molecule has 1 aliphatic carbocycles. The maximum atomic E-state index is 4.34. The molecule has 0 radical (unpaired) electrons. The van der Waals surface area contributed by atoms with Crippen LogP contribution in [-0.4, -0.2) is 11.0 Å². The zero-order valence-electron chi connectivity index (χ0n) is 8.86. The first-order valence-corrected chi connectivity index (χ1v) is 6.34. The molecule has 0 bridgehead atoms. The Balaban J connectivity index is 1.89. The molecule has 2 unspecified atom stereocenters. The van der Waals surface area contributed by atoms with Crippen molar-refractivity contribution in [3.63, 3.8) is 0 Å². The fourth-order valence-corrected chi connectivity index (χ4v) is 2.58. The molecule has 1 aliphatic rings. The highest BCUT2D eigenvalue weighted by Gasteiger charge is 2.30. The molecule has 1 saturated carbocycles. The molecular weight excluding hydrogens is 192 g/mol. The van der Waals surface area contributed by atoms with Crippen LogP contribution < -0.4 is 5.32 Å². The monoisotopic (exact) mass is 210 g/mol. The lowest BCUT2D eigenvalue weighted by Crippen LogP contribution is -2.32. The van der Waals surface area contributed by atoms with E-state index in [0.29, 0.717) is 12.1 Å². The summed E-state index contributed by atoms with van der Waals surface area (Å²) in [6.45, 7) is 4.48. The minimum Gasteiger partial charge on any atom is -0.305 e. The van der Waals surface area contributed by atoms with Gasteiger partial charge < -0.3 is 5.32 Å². The van der Waals surface area contributed by atoms with Crippen LogP contribution in [-0.2, 0) is 0 Å². The highest BCUT2D eigenvalue weighted by Crippen LogP contribution is 2.35. The lowest BCUT2D eigenvalue weighted by atomic mass is 10.1. The molecule has 2 rings (SSSR count). The minimum atomic E-state index is 0.417. The summed E-state index contributed by atoms with van der Waals surface area (Å²) in [5, 5.41) is 6.94. The summed E-state index contributed by atoms with van der Waals surface area (Å²) in [4.78, 5) is 4.34. The third kappa shape index (κ3) is 2.34. The molecule has 3 heteroatoms. The lowest BCUT2D eigenvalue weighted by molar-refractivity contribution is 0.404. The normalized spacial score (nSPS) is 20.7. The zero-order valence-corrected chi connectivity index (χ0v) is 9.68. The topological polar surface area (TPSA) is 24.9 Å². The predicted molar refractivity (Wildman–Crippen MR) is 60.5 cm³/mol. The molecule has 1 N–H and O–H groups in total. The standard InChI is InChI=1S/C11H18N2S/c1-3-10(9-4-5-9)13-8(2)11-12-6-7-14-11/h6-10,13H,3-5H2,1-2H3. The summed E-state index contributed by atoms with van der Waals surface area (Å²) in [6, 6.07) is 1.12. The van der Waals surface area contributed by atoms with Crippen molar-refractivity contribution >= 4 is 11.3 Å². The van der Waals surface area contributed by atoms with Crippen LogP contribution in [0.4, 0.5) is 0 Å². The lowest BCUT2D eigenvalue weighted by Gasteiger charge is -2.20. The molecule has 1 aromatic heterocycles. The first-order valence-electron chi connectivity index (χ1n) is 5.46. The van der Waals surface area contributed by atoms with E-state index in [9.17, 15) is 0 Å². The van der Waals surface area contributed by atoms with Crippen molar-refractivity contribution in [3.05, 3.63) is 16.6 Å². The largest absolute Gasteiger partial charge is 0.305 e. The van der Waals surface area contributed by atoms with Crippen LogP contribution in [0.2, 0.25) is 0 Å². The summed E-state index contributed by atoms with van der Waals surface area (Å²) < 4.78 is 0. The van der Waals surface area contributed by atoms with Crippen molar-refractivity contribution in [2.45, 2.75) is 45.2 Å². The van der Waals surface area contributed by atoms with Crippen LogP contribution >= 0.6 is 11.3 Å². The van der Waals surface area contributed by atoms with Crippen molar-refractivity contribution in [1.29, 1.82) is 0 Å². The van der Waals surface area contributed by atoms with Crippen LogP contribution in [0.25, 0.3) is 0 Å². The summed E-state index contributed by atoms with van der Waals surface area (Å²) in [7, 11) is 0. The molecule has 2 atom stereocenters. The first kappa shape index (κ1) is 10.1. The molecular formula is C11H18N2S. The third-order valence-corrected chi connectivity index (χ3v) is 3.88. The van der Waals surface area contributed by atoms with Crippen molar-refractivity contribution < 1.29 is 0 Å². The second kappa shape index (κ2) is 4.41. The van der Waals surface area contributed by atoms with Crippen LogP contribution in [0.5, 0.6) is 0 Å². The summed E-state index contributed by atoms with van der Waals surface area (Å²) in [6.07, 6.45) is 5.95. The van der Waals surface area contributed by atoms with E-state index in [0.717, 1.165) is 5.92 Å². The van der Waals surface area contributed by atoms with E-state index < -0.39 is 0 Å². The van der Waals surface area contributed by atoms with Gasteiger partial charge in [-0.15, -0.1) is 11.3 Å². The van der Waals surface area contributed by atoms with Gasteiger partial charge in [-0.25, -0.2) is 4.98 Å². The number of thiazole rings is 1. The molecule has 0 spiro atoms. The van der Waals surface area contributed by atoms with Gasteiger partial charge in [0.05, 0.1) is 6.04 Å². The number of hydrogen-bond donors (Lipinski definition) is 1. The second-order valence-electron chi connectivity index (χ2n) is 4.11. The fraction of sp³-hybridized carbons (Fsp3) is 0.727. The Bertz CT molecular complexity index is 267. The van der Waals surface area contributed by atoms with Crippen LogP contribution in [0.3, 0.4) is 0 Å². The van der Waals surface area contributed by atoms with Crippen LogP contribution in [0.15, 0.2) is 11.6 Å². The molecule has 0 amide bonds. The van der Waals surface area contributed by atoms with Gasteiger partial charge in [-0.1, -0.05) is 6.92 Å². The molecule has 1 heterocycles. The molecule has 1 fully saturated rings. The highest BCUT2D eigenvalue weighted by molar-refractivity contribution is 7.09. The number of nitrogens with zero attached hydrogens (tertiary/aromatic N) is 1. The molecule has 14 heavy (non-hydrogen) atoms. The second-order valence-corrected chi connectivity index (χ2v) is 5.04. The predicted octanol–water partition coefficient (Wildman–Crippen LogP) is 2.98. The summed E-state index contributed by atoms with van der Waals surface area (Å²) in [5.41, 5.74) is 0. The number of rotatable bonds is 5. The highest BCUT2D eigenvalue weighted by atomic mass is 32.1. The fourth-order valence-electron chi connectivity index (χ4n) is 1.93. The Kier molecular flexibility index (Phi) is 3.19. The van der Waals surface area contributed by atoms with Gasteiger partial charge in [0.2, 0.25) is 0 Å². The van der Waals surface area contributed by atoms with Crippen molar-refractivity contribution in [2.75, 3.05) is 0 Å². The Labute approximate surface area is 89.8 Å². The smallest absolute Gasteiger partial charge is 0.109 e.